The van der Waals surface area contributed by atoms with E-state index in [-0.39, 0.29) is 6.42 Å². The molecule has 12 nitrogen and oxygen atoms in total. The van der Waals surface area contributed by atoms with Crippen molar-refractivity contribution in [2.24, 2.45) is 11.8 Å². The summed E-state index contributed by atoms with van der Waals surface area (Å²) in [5, 5.41) is 38.0. The predicted octanol–water partition coefficient (Wildman–Crippen LogP) is 6.99. The summed E-state index contributed by atoms with van der Waals surface area (Å²) in [6, 6.07) is 33.2. The Balaban J connectivity index is 0.000000218. The molecule has 3 atom stereocenters. The molecular formula is C37H34N4O8S2. The van der Waals surface area contributed by atoms with E-state index in [1.807, 2.05) is 103 Å². The monoisotopic (exact) mass is 726 g/mol. The average Bonchev–Trinajstić information content (AvgIpc) is 3.73. The molecule has 51 heavy (non-hydrogen) atoms. The first-order valence-corrected chi connectivity index (χ1v) is 17.5. The van der Waals surface area contributed by atoms with Crippen LogP contribution in [0.15, 0.2) is 120 Å². The first-order chi connectivity index (χ1) is 24.5. The Morgan fingerprint density at radius 1 is 0.647 bits per heavy atom. The average molecular weight is 727 g/mol. The molecule has 0 amide bonds. The largest absolute Gasteiger partial charge is 0.481 e. The van der Waals surface area contributed by atoms with Gasteiger partial charge >= 0.3 is 23.9 Å². The lowest BCUT2D eigenvalue weighted by molar-refractivity contribution is -0.149. The van der Waals surface area contributed by atoms with Crippen molar-refractivity contribution in [2.75, 3.05) is 0 Å². The highest BCUT2D eigenvalue weighted by molar-refractivity contribution is 8.00. The van der Waals surface area contributed by atoms with Crippen LogP contribution < -0.4 is 0 Å². The van der Waals surface area contributed by atoms with E-state index < -0.39 is 52.1 Å². The van der Waals surface area contributed by atoms with Crippen molar-refractivity contribution in [3.05, 3.63) is 120 Å². The molecule has 0 saturated carbocycles. The Morgan fingerprint density at radius 2 is 1.12 bits per heavy atom. The summed E-state index contributed by atoms with van der Waals surface area (Å²) in [5.41, 5.74) is 4.49. The van der Waals surface area contributed by atoms with Crippen LogP contribution in [0, 0.1) is 11.8 Å². The van der Waals surface area contributed by atoms with Crippen molar-refractivity contribution in [1.82, 2.24) is 19.9 Å². The number of benzene rings is 4. The van der Waals surface area contributed by atoms with Crippen molar-refractivity contribution < 1.29 is 39.6 Å². The molecule has 0 spiro atoms. The van der Waals surface area contributed by atoms with E-state index in [1.54, 1.807) is 13.0 Å². The van der Waals surface area contributed by atoms with Crippen molar-refractivity contribution in [2.45, 2.75) is 40.1 Å². The minimum absolute atomic E-state index is 0.250. The first-order valence-electron chi connectivity index (χ1n) is 15.8. The van der Waals surface area contributed by atoms with Gasteiger partial charge in [-0.05, 0) is 41.8 Å². The van der Waals surface area contributed by atoms with Gasteiger partial charge in [0.1, 0.15) is 5.25 Å². The molecule has 2 heterocycles. The van der Waals surface area contributed by atoms with Crippen LogP contribution in [-0.2, 0) is 23.9 Å². The highest BCUT2D eigenvalue weighted by Gasteiger charge is 2.49. The predicted molar refractivity (Wildman–Crippen MR) is 194 cm³/mol. The minimum atomic E-state index is -1.24. The van der Waals surface area contributed by atoms with E-state index in [0.29, 0.717) is 21.4 Å². The zero-order chi connectivity index (χ0) is 36.5. The molecule has 2 aromatic heterocycles. The molecule has 6 N–H and O–H groups in total. The quantitative estimate of drug-likeness (QED) is 0.0628. The van der Waals surface area contributed by atoms with Crippen molar-refractivity contribution >= 4 is 69.5 Å². The number of nitrogens with one attached hydrogen (secondary N) is 2. The summed E-state index contributed by atoms with van der Waals surface area (Å²) >= 11 is 2.17. The fourth-order valence-electron chi connectivity index (χ4n) is 5.77. The van der Waals surface area contributed by atoms with E-state index in [2.05, 4.69) is 19.9 Å². The summed E-state index contributed by atoms with van der Waals surface area (Å²) in [5.74, 6) is -6.81. The lowest BCUT2D eigenvalue weighted by atomic mass is 9.78. The standard InChI is InChI=1S/C24H20N2O4S.C13H14N2O4S/c27-21(28)15-18(22(29)30)24(16-9-3-1-4-10-16,17-11-5-2-6-12-17)31-23-25-19-13-7-8-14-20(19)26-23;1-2-7(11(16)17)10(12(18)19)20-13-14-8-5-3-4-6-9(8)15-13/h1-14,18H,15H2,(H,25,26)(H,27,28)(H,29,30);3-7,10H,2H2,1H3,(H,14,15)(H,16,17)(H,18,19). The van der Waals surface area contributed by atoms with E-state index in [0.717, 1.165) is 33.8 Å². The molecule has 6 aromatic rings. The number of carboxylic acids is 4. The van der Waals surface area contributed by atoms with E-state index >= 15 is 0 Å². The van der Waals surface area contributed by atoms with Crippen LogP contribution in [0.3, 0.4) is 0 Å². The number of carbonyl (C=O) groups is 4. The smallest absolute Gasteiger partial charge is 0.317 e. The van der Waals surface area contributed by atoms with Crippen LogP contribution in [0.5, 0.6) is 0 Å². The van der Waals surface area contributed by atoms with Gasteiger partial charge in [0.15, 0.2) is 10.3 Å². The second-order valence-corrected chi connectivity index (χ2v) is 13.8. The number of nitrogens with zero attached hydrogens (tertiary/aromatic N) is 2. The topological polar surface area (TPSA) is 207 Å². The first kappa shape index (κ1) is 36.7. The van der Waals surface area contributed by atoms with Crippen LogP contribution >= 0.6 is 23.5 Å². The van der Waals surface area contributed by atoms with Gasteiger partial charge in [0, 0.05) is 0 Å². The van der Waals surface area contributed by atoms with Gasteiger partial charge in [-0.1, -0.05) is 115 Å². The van der Waals surface area contributed by atoms with Crippen molar-refractivity contribution in [3.63, 3.8) is 0 Å². The molecule has 0 fully saturated rings. The van der Waals surface area contributed by atoms with Crippen LogP contribution in [0.4, 0.5) is 0 Å². The van der Waals surface area contributed by atoms with Gasteiger partial charge < -0.3 is 30.4 Å². The molecule has 0 bridgehead atoms. The van der Waals surface area contributed by atoms with E-state index in [9.17, 15) is 34.5 Å². The van der Waals surface area contributed by atoms with Crippen molar-refractivity contribution in [3.8, 4) is 0 Å². The van der Waals surface area contributed by atoms with Crippen LogP contribution in [-0.4, -0.2) is 69.5 Å². The van der Waals surface area contributed by atoms with Crippen molar-refractivity contribution in [1.29, 1.82) is 0 Å². The van der Waals surface area contributed by atoms with Gasteiger partial charge in [0.25, 0.3) is 0 Å². The molecule has 3 unspecified atom stereocenters. The van der Waals surface area contributed by atoms with Crippen LogP contribution in [0.2, 0.25) is 0 Å². The van der Waals surface area contributed by atoms with Crippen LogP contribution in [0.25, 0.3) is 22.1 Å². The van der Waals surface area contributed by atoms with Crippen LogP contribution in [0.1, 0.15) is 30.9 Å². The number of hydrogen-bond donors (Lipinski definition) is 6. The number of para-hydroxylation sites is 4. The fourth-order valence-corrected chi connectivity index (χ4v) is 8.35. The molecule has 0 aliphatic rings. The fraction of sp³-hybridized carbons (Fsp3) is 0.189. The summed E-state index contributed by atoms with van der Waals surface area (Å²) in [6.45, 7) is 1.66. The maximum absolute atomic E-state index is 12.5. The third-order valence-corrected chi connectivity index (χ3v) is 10.8. The number of aromatic nitrogens is 4. The number of fused-ring (bicyclic) bond motifs is 2. The number of imidazole rings is 2. The molecule has 0 aliphatic heterocycles. The van der Waals surface area contributed by atoms with Gasteiger partial charge in [-0.25, -0.2) is 9.97 Å². The number of aliphatic carboxylic acids is 4. The molecule has 262 valence electrons. The zero-order valence-corrected chi connectivity index (χ0v) is 28.8. The molecule has 4 aromatic carbocycles. The number of aromatic amines is 2. The number of thioether (sulfide) groups is 2. The summed E-state index contributed by atoms with van der Waals surface area (Å²) < 4.78 is -1.22. The molecular weight excluding hydrogens is 693 g/mol. The Bertz CT molecular complexity index is 2030. The summed E-state index contributed by atoms with van der Waals surface area (Å²) in [7, 11) is 0. The van der Waals surface area contributed by atoms with Gasteiger partial charge in [-0.15, -0.1) is 0 Å². The number of rotatable bonds is 14. The maximum atomic E-state index is 12.5. The molecule has 14 heteroatoms. The lowest BCUT2D eigenvalue weighted by Gasteiger charge is -2.38. The highest BCUT2D eigenvalue weighted by Crippen LogP contribution is 2.52. The molecule has 6 rings (SSSR count). The van der Waals surface area contributed by atoms with E-state index in [4.69, 9.17) is 5.11 Å². The number of carboxylic acid groups (broad SMARTS) is 4. The zero-order valence-electron chi connectivity index (χ0n) is 27.2. The third-order valence-electron chi connectivity index (χ3n) is 8.17. The number of hydrogen-bond acceptors (Lipinski definition) is 8. The van der Waals surface area contributed by atoms with Gasteiger partial charge in [0.05, 0.1) is 45.1 Å². The Hall–Kier alpha value is -5.60. The SMILES string of the molecule is CCC(C(=O)O)C(Sc1nc2ccccc2[nH]1)C(=O)O.O=C(O)CC(C(=O)O)C(Sc1nc2ccccc2[nH]1)(c1ccccc1)c1ccccc1. The summed E-state index contributed by atoms with van der Waals surface area (Å²) in [4.78, 5) is 61.8. The lowest BCUT2D eigenvalue weighted by Crippen LogP contribution is -2.40. The third kappa shape index (κ3) is 8.41. The Labute approximate surface area is 300 Å². The Morgan fingerprint density at radius 3 is 1.55 bits per heavy atom. The molecule has 0 aliphatic carbocycles. The van der Waals surface area contributed by atoms with E-state index in [1.165, 1.54) is 11.8 Å². The second kappa shape index (κ2) is 16.4. The van der Waals surface area contributed by atoms with Gasteiger partial charge in [-0.2, -0.15) is 0 Å². The molecule has 0 saturated heterocycles. The second-order valence-electron chi connectivity index (χ2n) is 11.4. The molecule has 0 radical (unpaired) electrons. The minimum Gasteiger partial charge on any atom is -0.481 e. The summed E-state index contributed by atoms with van der Waals surface area (Å²) in [6.07, 6.45) is -0.286. The number of H-pyrrole nitrogens is 2. The van der Waals surface area contributed by atoms with Gasteiger partial charge in [0.2, 0.25) is 0 Å². The van der Waals surface area contributed by atoms with Gasteiger partial charge in [-0.3, -0.25) is 19.2 Å². The highest BCUT2D eigenvalue weighted by atomic mass is 32.2. The normalized spacial score (nSPS) is 13.1. The Kier molecular flexibility index (Phi) is 11.8. The maximum Gasteiger partial charge on any atom is 0.317 e.